The van der Waals surface area contributed by atoms with Crippen LogP contribution < -0.4 is 5.73 Å². The van der Waals surface area contributed by atoms with E-state index in [1.165, 1.54) is 37.0 Å². The summed E-state index contributed by atoms with van der Waals surface area (Å²) in [5, 5.41) is 0. The third kappa shape index (κ3) is 2.39. The van der Waals surface area contributed by atoms with Gasteiger partial charge in [0, 0.05) is 12.5 Å². The van der Waals surface area contributed by atoms with Crippen LogP contribution in [-0.4, -0.2) is 16.1 Å². The summed E-state index contributed by atoms with van der Waals surface area (Å²) in [6.07, 6.45) is 6.09. The van der Waals surface area contributed by atoms with Gasteiger partial charge in [-0.1, -0.05) is 19.1 Å². The number of hydrogen-bond donors (Lipinski definition) is 1. The van der Waals surface area contributed by atoms with E-state index < -0.39 is 0 Å². The molecule has 0 bridgehead atoms. The molecule has 0 amide bonds. The van der Waals surface area contributed by atoms with Gasteiger partial charge < -0.3 is 10.3 Å². The maximum absolute atomic E-state index is 5.75. The molecule has 0 atom stereocenters. The molecule has 3 heteroatoms. The van der Waals surface area contributed by atoms with Crippen molar-refractivity contribution in [1.82, 2.24) is 9.55 Å². The van der Waals surface area contributed by atoms with Crippen LogP contribution in [0.25, 0.3) is 11.0 Å². The molecular weight excluding hydrogens is 234 g/mol. The molecule has 3 rings (SSSR count). The lowest BCUT2D eigenvalue weighted by atomic mass is 9.87. The first kappa shape index (κ1) is 12.7. The van der Waals surface area contributed by atoms with E-state index >= 15 is 0 Å². The van der Waals surface area contributed by atoms with Crippen LogP contribution >= 0.6 is 0 Å². The second-order valence-corrected chi connectivity index (χ2v) is 5.84. The Balaban J connectivity index is 2.02. The van der Waals surface area contributed by atoms with E-state index in [-0.39, 0.29) is 0 Å². The van der Waals surface area contributed by atoms with Gasteiger partial charge in [0.2, 0.25) is 0 Å². The van der Waals surface area contributed by atoms with Crippen molar-refractivity contribution in [1.29, 1.82) is 0 Å². The zero-order valence-corrected chi connectivity index (χ0v) is 11.7. The second-order valence-electron chi connectivity index (χ2n) is 5.84. The maximum Gasteiger partial charge on any atom is 0.111 e. The van der Waals surface area contributed by atoms with Gasteiger partial charge in [-0.2, -0.15) is 0 Å². The molecule has 0 aliphatic heterocycles. The van der Waals surface area contributed by atoms with E-state index in [1.54, 1.807) is 0 Å². The molecule has 0 saturated heterocycles. The SMILES string of the molecule is CC1CCC(n2c(CCN)nc3ccccc32)CC1. The highest BCUT2D eigenvalue weighted by atomic mass is 15.1. The van der Waals surface area contributed by atoms with Gasteiger partial charge in [0.05, 0.1) is 11.0 Å². The molecule has 19 heavy (non-hydrogen) atoms. The summed E-state index contributed by atoms with van der Waals surface area (Å²) in [6, 6.07) is 9.09. The number of benzene rings is 1. The van der Waals surface area contributed by atoms with Crippen molar-refractivity contribution in [2.75, 3.05) is 6.54 Å². The number of imidazole rings is 1. The summed E-state index contributed by atoms with van der Waals surface area (Å²) in [5.74, 6) is 2.05. The lowest BCUT2D eigenvalue weighted by Crippen LogP contribution is -2.20. The van der Waals surface area contributed by atoms with Gasteiger partial charge >= 0.3 is 0 Å². The summed E-state index contributed by atoms with van der Waals surface area (Å²) in [4.78, 5) is 4.78. The first-order valence-corrected chi connectivity index (χ1v) is 7.45. The first-order valence-electron chi connectivity index (χ1n) is 7.45. The van der Waals surface area contributed by atoms with Crippen molar-refractivity contribution < 1.29 is 0 Å². The number of nitrogens with two attached hydrogens (primary N) is 1. The van der Waals surface area contributed by atoms with Crippen molar-refractivity contribution in [2.24, 2.45) is 11.7 Å². The number of aromatic nitrogens is 2. The highest BCUT2D eigenvalue weighted by molar-refractivity contribution is 5.76. The third-order valence-electron chi connectivity index (χ3n) is 4.39. The highest BCUT2D eigenvalue weighted by Gasteiger charge is 2.23. The third-order valence-corrected chi connectivity index (χ3v) is 4.39. The van der Waals surface area contributed by atoms with E-state index in [4.69, 9.17) is 10.7 Å². The van der Waals surface area contributed by atoms with Crippen LogP contribution in [0.3, 0.4) is 0 Å². The fourth-order valence-electron chi connectivity index (χ4n) is 3.31. The number of rotatable bonds is 3. The Kier molecular flexibility index (Phi) is 3.56. The van der Waals surface area contributed by atoms with Gasteiger partial charge in [0.1, 0.15) is 5.82 Å². The molecule has 3 nitrogen and oxygen atoms in total. The lowest BCUT2D eigenvalue weighted by Gasteiger charge is -2.29. The van der Waals surface area contributed by atoms with Crippen LogP contribution in [0.5, 0.6) is 0 Å². The first-order chi connectivity index (χ1) is 9.29. The van der Waals surface area contributed by atoms with Gasteiger partial charge in [-0.25, -0.2) is 4.98 Å². The molecule has 0 radical (unpaired) electrons. The topological polar surface area (TPSA) is 43.8 Å². The molecule has 1 heterocycles. The predicted octanol–water partition coefficient (Wildman–Crippen LogP) is 3.29. The molecule has 0 spiro atoms. The largest absolute Gasteiger partial charge is 0.330 e. The molecule has 2 aromatic rings. The Morgan fingerprint density at radius 1 is 1.21 bits per heavy atom. The number of fused-ring (bicyclic) bond motifs is 1. The van der Waals surface area contributed by atoms with Crippen LogP contribution in [0.1, 0.15) is 44.5 Å². The van der Waals surface area contributed by atoms with E-state index in [0.717, 1.165) is 17.9 Å². The van der Waals surface area contributed by atoms with Gasteiger partial charge in [-0.15, -0.1) is 0 Å². The van der Waals surface area contributed by atoms with Crippen molar-refractivity contribution >= 4 is 11.0 Å². The van der Waals surface area contributed by atoms with E-state index in [2.05, 4.69) is 35.8 Å². The number of para-hydroxylation sites is 2. The van der Waals surface area contributed by atoms with E-state index in [9.17, 15) is 0 Å². The molecule has 1 aromatic carbocycles. The monoisotopic (exact) mass is 257 g/mol. The van der Waals surface area contributed by atoms with Crippen LogP contribution in [0, 0.1) is 5.92 Å². The van der Waals surface area contributed by atoms with Crippen molar-refractivity contribution in [3.63, 3.8) is 0 Å². The average molecular weight is 257 g/mol. The highest BCUT2D eigenvalue weighted by Crippen LogP contribution is 2.35. The van der Waals surface area contributed by atoms with E-state index in [0.29, 0.717) is 12.6 Å². The summed E-state index contributed by atoms with van der Waals surface area (Å²) in [6.45, 7) is 3.04. The quantitative estimate of drug-likeness (QED) is 0.917. The minimum absolute atomic E-state index is 0.616. The molecule has 1 aromatic heterocycles. The molecule has 0 unspecified atom stereocenters. The number of hydrogen-bond acceptors (Lipinski definition) is 2. The molecule has 1 fully saturated rings. The summed E-state index contributed by atoms with van der Waals surface area (Å²) in [5.41, 5.74) is 8.15. The standard InChI is InChI=1S/C16H23N3/c1-12-6-8-13(9-7-12)19-15-5-3-2-4-14(15)18-16(19)10-11-17/h2-5,12-13H,6-11,17H2,1H3. The Morgan fingerprint density at radius 2 is 1.95 bits per heavy atom. The van der Waals surface area contributed by atoms with Crippen LogP contribution in [0.2, 0.25) is 0 Å². The molecule has 1 aliphatic rings. The second kappa shape index (κ2) is 5.33. The lowest BCUT2D eigenvalue weighted by molar-refractivity contribution is 0.289. The zero-order valence-electron chi connectivity index (χ0n) is 11.7. The smallest absolute Gasteiger partial charge is 0.111 e. The Morgan fingerprint density at radius 3 is 2.68 bits per heavy atom. The van der Waals surface area contributed by atoms with Crippen LogP contribution in [0.4, 0.5) is 0 Å². The summed E-state index contributed by atoms with van der Waals surface area (Å²) >= 11 is 0. The molecule has 1 aliphatic carbocycles. The fourth-order valence-corrected chi connectivity index (χ4v) is 3.31. The Bertz CT molecular complexity index is 550. The van der Waals surface area contributed by atoms with Crippen molar-refractivity contribution in [3.8, 4) is 0 Å². The Hall–Kier alpha value is -1.35. The van der Waals surface area contributed by atoms with Crippen LogP contribution in [0.15, 0.2) is 24.3 Å². The molecule has 2 N–H and O–H groups in total. The number of nitrogens with zero attached hydrogens (tertiary/aromatic N) is 2. The zero-order chi connectivity index (χ0) is 13.2. The van der Waals surface area contributed by atoms with Gasteiger partial charge in [-0.3, -0.25) is 0 Å². The van der Waals surface area contributed by atoms with Gasteiger partial charge in [0.25, 0.3) is 0 Å². The molecule has 102 valence electrons. The van der Waals surface area contributed by atoms with Crippen molar-refractivity contribution in [2.45, 2.75) is 45.1 Å². The van der Waals surface area contributed by atoms with E-state index in [1.807, 2.05) is 0 Å². The molecule has 1 saturated carbocycles. The predicted molar refractivity (Wildman–Crippen MR) is 79.2 cm³/mol. The minimum atomic E-state index is 0.616. The Labute approximate surface area is 114 Å². The average Bonchev–Trinajstić information content (AvgIpc) is 2.78. The van der Waals surface area contributed by atoms with Crippen LogP contribution in [-0.2, 0) is 6.42 Å². The summed E-state index contributed by atoms with van der Waals surface area (Å²) in [7, 11) is 0. The minimum Gasteiger partial charge on any atom is -0.330 e. The normalized spacial score (nSPS) is 23.9. The molecular formula is C16H23N3. The summed E-state index contributed by atoms with van der Waals surface area (Å²) < 4.78 is 2.47. The van der Waals surface area contributed by atoms with Crippen molar-refractivity contribution in [3.05, 3.63) is 30.1 Å². The van der Waals surface area contributed by atoms with Gasteiger partial charge in [0.15, 0.2) is 0 Å². The maximum atomic E-state index is 5.75. The van der Waals surface area contributed by atoms with Gasteiger partial charge in [-0.05, 0) is 50.3 Å². The fraction of sp³-hybridized carbons (Fsp3) is 0.562.